The molecule has 3 aromatic carbocycles. The van der Waals surface area contributed by atoms with Gasteiger partial charge in [-0.25, -0.2) is 8.79 Å². The van der Waals surface area contributed by atoms with Crippen molar-refractivity contribution >= 4 is 39.5 Å². The molecule has 0 aliphatic heterocycles. The van der Waals surface area contributed by atoms with Gasteiger partial charge in [0.15, 0.2) is 5.58 Å². The number of aliphatic imine (C=N–C) groups is 1. The molecule has 0 spiro atoms. The van der Waals surface area contributed by atoms with Crippen LogP contribution in [-0.4, -0.2) is 10.6 Å². The summed E-state index contributed by atoms with van der Waals surface area (Å²) in [5.74, 6) is -0.315. The van der Waals surface area contributed by atoms with E-state index in [-0.39, 0.29) is 11.4 Å². The fraction of sp³-hybridized carbons (Fsp3) is 0. The lowest BCUT2D eigenvalue weighted by molar-refractivity contribution is 0.628. The minimum atomic E-state index is -0.315. The lowest BCUT2D eigenvalue weighted by atomic mass is 10.1. The Morgan fingerprint density at radius 2 is 1.59 bits per heavy atom. The molecule has 5 rings (SSSR count). The Hall–Kier alpha value is -3.73. The van der Waals surface area contributed by atoms with Gasteiger partial charge in [-0.1, -0.05) is 30.3 Å². The summed E-state index contributed by atoms with van der Waals surface area (Å²) in [7, 11) is 0. The maximum absolute atomic E-state index is 13.1. The van der Waals surface area contributed by atoms with Crippen LogP contribution in [0.5, 0.6) is 0 Å². The molecule has 2 heterocycles. The van der Waals surface area contributed by atoms with E-state index in [1.54, 1.807) is 28.8 Å². The van der Waals surface area contributed by atoms with Crippen LogP contribution in [0.25, 0.3) is 27.6 Å². The molecular weight excluding hydrogens is 343 g/mol. The Labute approximate surface area is 152 Å². The van der Waals surface area contributed by atoms with Crippen molar-refractivity contribution in [3.63, 3.8) is 0 Å². The zero-order chi connectivity index (χ0) is 18.4. The predicted molar refractivity (Wildman–Crippen MR) is 105 cm³/mol. The van der Waals surface area contributed by atoms with Crippen molar-refractivity contribution in [2.75, 3.05) is 0 Å². The predicted octanol–water partition coefficient (Wildman–Crippen LogP) is 5.09. The maximum atomic E-state index is 13.1. The van der Waals surface area contributed by atoms with Crippen LogP contribution < -0.4 is 5.56 Å². The monoisotopic (exact) mass is 356 g/mol. The highest BCUT2D eigenvalue weighted by molar-refractivity contribution is 6.06. The number of hydrogen-bond donors (Lipinski definition) is 0. The van der Waals surface area contributed by atoms with Gasteiger partial charge in [-0.05, 0) is 42.5 Å². The van der Waals surface area contributed by atoms with Crippen LogP contribution in [0.3, 0.4) is 0 Å². The molecular formula is C22H13FN2O2. The van der Waals surface area contributed by atoms with E-state index in [4.69, 9.17) is 4.42 Å². The van der Waals surface area contributed by atoms with E-state index in [9.17, 15) is 9.18 Å². The van der Waals surface area contributed by atoms with Crippen molar-refractivity contribution in [2.24, 2.45) is 4.99 Å². The molecule has 5 heteroatoms. The third-order valence-corrected chi connectivity index (χ3v) is 4.57. The molecule has 0 saturated carbocycles. The van der Waals surface area contributed by atoms with Gasteiger partial charge >= 0.3 is 0 Å². The molecule has 5 aromatic rings. The second-order valence-corrected chi connectivity index (χ2v) is 6.21. The quantitative estimate of drug-likeness (QED) is 0.414. The minimum Gasteiger partial charge on any atom is -0.437 e. The number of rotatable bonds is 2. The zero-order valence-electron chi connectivity index (χ0n) is 14.1. The van der Waals surface area contributed by atoms with E-state index < -0.39 is 0 Å². The number of fused-ring (bicyclic) bond motifs is 4. The van der Waals surface area contributed by atoms with Crippen molar-refractivity contribution in [2.45, 2.75) is 0 Å². The smallest absolute Gasteiger partial charge is 0.265 e. The second kappa shape index (κ2) is 5.92. The molecule has 130 valence electrons. The third-order valence-electron chi connectivity index (χ3n) is 4.57. The fourth-order valence-electron chi connectivity index (χ4n) is 3.30. The van der Waals surface area contributed by atoms with Crippen LogP contribution >= 0.6 is 0 Å². The Kier molecular flexibility index (Phi) is 3.40. The van der Waals surface area contributed by atoms with Gasteiger partial charge in [0.05, 0.1) is 16.8 Å². The normalized spacial score (nSPS) is 11.9. The number of benzene rings is 3. The average Bonchev–Trinajstić information content (AvgIpc) is 3.09. The lowest BCUT2D eigenvalue weighted by Crippen LogP contribution is -2.14. The molecule has 0 amide bonds. The van der Waals surface area contributed by atoms with Gasteiger partial charge in [0.25, 0.3) is 5.56 Å². The molecule has 0 fully saturated rings. The molecule has 0 radical (unpaired) electrons. The summed E-state index contributed by atoms with van der Waals surface area (Å²) in [6.45, 7) is 0. The number of pyridine rings is 1. The average molecular weight is 356 g/mol. The molecule has 2 aromatic heterocycles. The van der Waals surface area contributed by atoms with E-state index in [0.29, 0.717) is 33.5 Å². The molecule has 0 aliphatic carbocycles. The van der Waals surface area contributed by atoms with Crippen molar-refractivity contribution in [1.29, 1.82) is 0 Å². The van der Waals surface area contributed by atoms with Crippen LogP contribution in [0.4, 0.5) is 10.1 Å². The Bertz CT molecular complexity index is 1400. The van der Waals surface area contributed by atoms with Gasteiger partial charge in [0.2, 0.25) is 5.71 Å². The van der Waals surface area contributed by atoms with Gasteiger partial charge in [0.1, 0.15) is 5.82 Å². The Morgan fingerprint density at radius 3 is 2.41 bits per heavy atom. The summed E-state index contributed by atoms with van der Waals surface area (Å²) in [4.78, 5) is 17.5. The van der Waals surface area contributed by atoms with Gasteiger partial charge in [-0.2, -0.15) is 0 Å². The third kappa shape index (κ3) is 2.44. The van der Waals surface area contributed by atoms with Crippen molar-refractivity contribution < 1.29 is 8.81 Å². The summed E-state index contributed by atoms with van der Waals surface area (Å²) >= 11 is 0. The van der Waals surface area contributed by atoms with Crippen LogP contribution in [0.15, 0.2) is 87.0 Å². The van der Waals surface area contributed by atoms with Gasteiger partial charge in [-0.3, -0.25) is 9.79 Å². The SMILES string of the molecule is O=c1c2ccccc2c(C=Nc2ccc(F)cc2)c2oc3ccccc3n12. The first-order valence-corrected chi connectivity index (χ1v) is 8.47. The number of oxazole rings is 1. The molecule has 0 atom stereocenters. The molecule has 0 unspecified atom stereocenters. The first kappa shape index (κ1) is 15.5. The molecule has 0 aliphatic rings. The summed E-state index contributed by atoms with van der Waals surface area (Å²) in [5.41, 5.74) is 2.95. The van der Waals surface area contributed by atoms with E-state index in [1.165, 1.54) is 12.1 Å². The summed E-state index contributed by atoms with van der Waals surface area (Å²) < 4.78 is 20.7. The first-order chi connectivity index (χ1) is 13.2. The maximum Gasteiger partial charge on any atom is 0.265 e. The first-order valence-electron chi connectivity index (χ1n) is 8.47. The van der Waals surface area contributed by atoms with E-state index in [0.717, 1.165) is 5.39 Å². The van der Waals surface area contributed by atoms with E-state index >= 15 is 0 Å². The summed E-state index contributed by atoms with van der Waals surface area (Å²) in [6.07, 6.45) is 1.66. The van der Waals surface area contributed by atoms with Gasteiger partial charge < -0.3 is 4.42 Å². The molecule has 0 bridgehead atoms. The van der Waals surface area contributed by atoms with Crippen molar-refractivity contribution in [1.82, 2.24) is 4.40 Å². The topological polar surface area (TPSA) is 47.0 Å². The largest absolute Gasteiger partial charge is 0.437 e. The van der Waals surface area contributed by atoms with Crippen molar-refractivity contribution in [3.05, 3.63) is 94.5 Å². The van der Waals surface area contributed by atoms with Crippen LogP contribution in [0, 0.1) is 5.82 Å². The highest BCUT2D eigenvalue weighted by Crippen LogP contribution is 2.26. The lowest BCUT2D eigenvalue weighted by Gasteiger charge is -2.04. The van der Waals surface area contributed by atoms with Crippen LogP contribution in [0.1, 0.15) is 5.56 Å². The molecule has 0 saturated heterocycles. The van der Waals surface area contributed by atoms with Crippen LogP contribution in [-0.2, 0) is 0 Å². The number of aromatic nitrogens is 1. The standard InChI is InChI=1S/C22H13FN2O2/c23-14-9-11-15(12-10-14)24-13-18-16-5-1-2-6-17(16)21(26)25-19-7-3-4-8-20(19)27-22(18)25/h1-13H. The summed E-state index contributed by atoms with van der Waals surface area (Å²) in [6, 6.07) is 20.7. The van der Waals surface area contributed by atoms with E-state index in [1.807, 2.05) is 42.5 Å². The molecule has 27 heavy (non-hydrogen) atoms. The van der Waals surface area contributed by atoms with Crippen LogP contribution in [0.2, 0.25) is 0 Å². The fourth-order valence-corrected chi connectivity index (χ4v) is 3.30. The van der Waals surface area contributed by atoms with Crippen molar-refractivity contribution in [3.8, 4) is 0 Å². The van der Waals surface area contributed by atoms with Gasteiger partial charge in [0, 0.05) is 17.0 Å². The highest BCUT2D eigenvalue weighted by atomic mass is 19.1. The summed E-state index contributed by atoms with van der Waals surface area (Å²) in [5, 5.41) is 1.34. The molecule has 4 nitrogen and oxygen atoms in total. The van der Waals surface area contributed by atoms with Gasteiger partial charge in [-0.15, -0.1) is 0 Å². The highest BCUT2D eigenvalue weighted by Gasteiger charge is 2.16. The second-order valence-electron chi connectivity index (χ2n) is 6.21. The number of hydrogen-bond acceptors (Lipinski definition) is 3. The molecule has 0 N–H and O–H groups in total. The Morgan fingerprint density at radius 1 is 0.889 bits per heavy atom. The number of para-hydroxylation sites is 2. The minimum absolute atomic E-state index is 0.135. The zero-order valence-corrected chi connectivity index (χ0v) is 14.1. The number of nitrogens with zero attached hydrogens (tertiary/aromatic N) is 2. The van der Waals surface area contributed by atoms with E-state index in [2.05, 4.69) is 4.99 Å². The Balaban J connectivity index is 1.87. The number of halogens is 1.